The van der Waals surface area contributed by atoms with Crippen LogP contribution in [-0.4, -0.2) is 35.8 Å². The van der Waals surface area contributed by atoms with Gasteiger partial charge in [0.25, 0.3) is 0 Å². The molecule has 5 heteroatoms. The zero-order valence-electron chi connectivity index (χ0n) is 9.95. The number of aryl methyl sites for hydroxylation is 1. The second kappa shape index (κ2) is 4.65. The molecule has 1 aromatic heterocycles. The van der Waals surface area contributed by atoms with Crippen molar-refractivity contribution in [1.29, 1.82) is 0 Å². The summed E-state index contributed by atoms with van der Waals surface area (Å²) in [6, 6.07) is 2.26. The third kappa shape index (κ3) is 2.41. The first-order chi connectivity index (χ1) is 7.69. The molecule has 0 aliphatic carbocycles. The van der Waals surface area contributed by atoms with Crippen molar-refractivity contribution in [3.63, 3.8) is 0 Å². The molecule has 1 aliphatic rings. The SMILES string of the molecule is CNc1cc(NC2CCOC2C)nc(C)n1. The lowest BCUT2D eigenvalue weighted by Crippen LogP contribution is -2.27. The number of hydrogen-bond acceptors (Lipinski definition) is 5. The summed E-state index contributed by atoms with van der Waals surface area (Å²) in [6.45, 7) is 4.79. The Bertz CT molecular complexity index is 369. The highest BCUT2D eigenvalue weighted by Gasteiger charge is 2.24. The van der Waals surface area contributed by atoms with Crippen LogP contribution in [0.5, 0.6) is 0 Å². The molecule has 0 spiro atoms. The predicted octanol–water partition coefficient (Wildman–Crippen LogP) is 1.42. The van der Waals surface area contributed by atoms with Gasteiger partial charge in [0.2, 0.25) is 0 Å². The average Bonchev–Trinajstić information content (AvgIpc) is 2.63. The van der Waals surface area contributed by atoms with Crippen LogP contribution in [-0.2, 0) is 4.74 Å². The molecule has 1 aliphatic heterocycles. The van der Waals surface area contributed by atoms with Crippen LogP contribution in [0, 0.1) is 6.92 Å². The van der Waals surface area contributed by atoms with Crippen LogP contribution in [0.4, 0.5) is 11.6 Å². The Kier molecular flexibility index (Phi) is 3.24. The molecule has 0 bridgehead atoms. The molecule has 0 saturated carbocycles. The van der Waals surface area contributed by atoms with Gasteiger partial charge in [0.15, 0.2) is 0 Å². The monoisotopic (exact) mass is 222 g/mol. The highest BCUT2D eigenvalue weighted by molar-refractivity contribution is 5.47. The van der Waals surface area contributed by atoms with E-state index >= 15 is 0 Å². The predicted molar refractivity (Wildman–Crippen MR) is 63.8 cm³/mol. The Labute approximate surface area is 95.6 Å². The van der Waals surface area contributed by atoms with Crippen LogP contribution in [0.3, 0.4) is 0 Å². The smallest absolute Gasteiger partial charge is 0.132 e. The average molecular weight is 222 g/mol. The molecular formula is C11H18N4O. The fourth-order valence-electron chi connectivity index (χ4n) is 1.88. The van der Waals surface area contributed by atoms with E-state index in [-0.39, 0.29) is 6.10 Å². The molecule has 2 unspecified atom stereocenters. The minimum absolute atomic E-state index is 0.244. The summed E-state index contributed by atoms with van der Waals surface area (Å²) in [4.78, 5) is 8.61. The highest BCUT2D eigenvalue weighted by atomic mass is 16.5. The van der Waals surface area contributed by atoms with Crippen molar-refractivity contribution in [2.45, 2.75) is 32.4 Å². The Balaban J connectivity index is 2.11. The molecule has 2 heterocycles. The molecule has 0 aromatic carbocycles. The molecule has 2 N–H and O–H groups in total. The zero-order chi connectivity index (χ0) is 11.5. The van der Waals surface area contributed by atoms with Gasteiger partial charge in [0.05, 0.1) is 12.1 Å². The first-order valence-electron chi connectivity index (χ1n) is 5.60. The summed E-state index contributed by atoms with van der Waals surface area (Å²) in [5.41, 5.74) is 0. The van der Waals surface area contributed by atoms with Gasteiger partial charge in [-0.2, -0.15) is 0 Å². The van der Waals surface area contributed by atoms with Gasteiger partial charge in [-0.05, 0) is 20.3 Å². The third-order valence-electron chi connectivity index (χ3n) is 2.80. The van der Waals surface area contributed by atoms with Crippen LogP contribution in [0.2, 0.25) is 0 Å². The van der Waals surface area contributed by atoms with E-state index < -0.39 is 0 Å². The summed E-state index contributed by atoms with van der Waals surface area (Å²) in [6.07, 6.45) is 1.27. The topological polar surface area (TPSA) is 59.1 Å². The van der Waals surface area contributed by atoms with E-state index in [4.69, 9.17) is 4.74 Å². The largest absolute Gasteiger partial charge is 0.376 e. The van der Waals surface area contributed by atoms with Crippen LogP contribution in [0.15, 0.2) is 6.07 Å². The van der Waals surface area contributed by atoms with Gasteiger partial charge in [-0.25, -0.2) is 9.97 Å². The van der Waals surface area contributed by atoms with E-state index in [1.54, 1.807) is 0 Å². The molecule has 2 atom stereocenters. The van der Waals surface area contributed by atoms with Gasteiger partial charge in [-0.3, -0.25) is 0 Å². The van der Waals surface area contributed by atoms with Gasteiger partial charge < -0.3 is 15.4 Å². The van der Waals surface area contributed by atoms with Gasteiger partial charge in [0.1, 0.15) is 17.5 Å². The minimum atomic E-state index is 0.244. The van der Waals surface area contributed by atoms with Crippen molar-refractivity contribution in [3.05, 3.63) is 11.9 Å². The van der Waals surface area contributed by atoms with E-state index in [1.807, 2.05) is 20.0 Å². The Hall–Kier alpha value is -1.36. The lowest BCUT2D eigenvalue weighted by Gasteiger charge is -2.17. The van der Waals surface area contributed by atoms with Crippen molar-refractivity contribution in [3.8, 4) is 0 Å². The van der Waals surface area contributed by atoms with E-state index in [2.05, 4.69) is 27.5 Å². The fourth-order valence-corrected chi connectivity index (χ4v) is 1.88. The normalized spacial score (nSPS) is 24.4. The summed E-state index contributed by atoms with van der Waals surface area (Å²) in [5, 5.41) is 6.41. The molecule has 2 rings (SSSR count). The van der Waals surface area contributed by atoms with Crippen LogP contribution in [0.1, 0.15) is 19.2 Å². The van der Waals surface area contributed by atoms with E-state index in [1.165, 1.54) is 0 Å². The molecule has 0 radical (unpaired) electrons. The van der Waals surface area contributed by atoms with Gasteiger partial charge in [-0.1, -0.05) is 0 Å². The lowest BCUT2D eigenvalue weighted by molar-refractivity contribution is 0.121. The number of hydrogen-bond donors (Lipinski definition) is 2. The van der Waals surface area contributed by atoms with E-state index in [9.17, 15) is 0 Å². The molecular weight excluding hydrogens is 204 g/mol. The molecule has 1 fully saturated rings. The summed E-state index contributed by atoms with van der Waals surface area (Å²) < 4.78 is 5.50. The fraction of sp³-hybridized carbons (Fsp3) is 0.636. The second-order valence-electron chi connectivity index (χ2n) is 4.05. The standard InChI is InChI=1S/C11H18N4O/c1-7-9(4-5-16-7)15-11-6-10(12-3)13-8(2)14-11/h6-7,9H,4-5H2,1-3H3,(H2,12,13,14,15). The molecule has 1 saturated heterocycles. The van der Waals surface area contributed by atoms with Crippen molar-refractivity contribution in [2.75, 3.05) is 24.3 Å². The summed E-state index contributed by atoms with van der Waals surface area (Å²) in [7, 11) is 1.85. The maximum atomic E-state index is 5.50. The maximum absolute atomic E-state index is 5.50. The second-order valence-corrected chi connectivity index (χ2v) is 4.05. The molecule has 16 heavy (non-hydrogen) atoms. The summed E-state index contributed by atoms with van der Waals surface area (Å²) in [5.74, 6) is 2.46. The van der Waals surface area contributed by atoms with Gasteiger partial charge in [0, 0.05) is 19.7 Å². The van der Waals surface area contributed by atoms with E-state index in [0.29, 0.717) is 6.04 Å². The number of nitrogens with one attached hydrogen (secondary N) is 2. The third-order valence-corrected chi connectivity index (χ3v) is 2.80. The minimum Gasteiger partial charge on any atom is -0.376 e. The number of nitrogens with zero attached hydrogens (tertiary/aromatic N) is 2. The lowest BCUT2D eigenvalue weighted by atomic mass is 10.1. The highest BCUT2D eigenvalue weighted by Crippen LogP contribution is 2.19. The first kappa shape index (κ1) is 11.1. The van der Waals surface area contributed by atoms with Crippen molar-refractivity contribution in [2.24, 2.45) is 0 Å². The van der Waals surface area contributed by atoms with Crippen LogP contribution < -0.4 is 10.6 Å². The van der Waals surface area contributed by atoms with Crippen LogP contribution in [0.25, 0.3) is 0 Å². The molecule has 5 nitrogen and oxygen atoms in total. The first-order valence-corrected chi connectivity index (χ1v) is 5.60. The van der Waals surface area contributed by atoms with Crippen LogP contribution >= 0.6 is 0 Å². The van der Waals surface area contributed by atoms with Gasteiger partial charge >= 0.3 is 0 Å². The number of anilines is 2. The summed E-state index contributed by atoms with van der Waals surface area (Å²) >= 11 is 0. The van der Waals surface area contributed by atoms with Crippen molar-refractivity contribution in [1.82, 2.24) is 9.97 Å². The number of ether oxygens (including phenoxy) is 1. The van der Waals surface area contributed by atoms with Crippen molar-refractivity contribution < 1.29 is 4.74 Å². The molecule has 88 valence electrons. The Morgan fingerprint density at radius 1 is 1.38 bits per heavy atom. The van der Waals surface area contributed by atoms with Gasteiger partial charge in [-0.15, -0.1) is 0 Å². The zero-order valence-corrected chi connectivity index (χ0v) is 9.95. The van der Waals surface area contributed by atoms with Crippen molar-refractivity contribution >= 4 is 11.6 Å². The maximum Gasteiger partial charge on any atom is 0.132 e. The van der Waals surface area contributed by atoms with E-state index in [0.717, 1.165) is 30.5 Å². The Morgan fingerprint density at radius 2 is 2.12 bits per heavy atom. The number of aromatic nitrogens is 2. The quantitative estimate of drug-likeness (QED) is 0.810. The molecule has 1 aromatic rings. The Morgan fingerprint density at radius 3 is 2.75 bits per heavy atom. The molecule has 0 amide bonds. The number of rotatable bonds is 3.